The van der Waals surface area contributed by atoms with Crippen LogP contribution in [-0.4, -0.2) is 38.7 Å². The zero-order valence-electron chi connectivity index (χ0n) is 18.2. The molecule has 3 rings (SSSR count). The van der Waals surface area contributed by atoms with E-state index in [4.69, 9.17) is 11.6 Å². The number of hydrogen-bond acceptors (Lipinski definition) is 4. The second-order valence-electron chi connectivity index (χ2n) is 7.67. The Hall–Kier alpha value is -3.78. The van der Waals surface area contributed by atoms with Crippen molar-refractivity contribution in [3.63, 3.8) is 0 Å². The van der Waals surface area contributed by atoms with Crippen LogP contribution >= 0.6 is 11.6 Å². The van der Waals surface area contributed by atoms with Gasteiger partial charge in [0, 0.05) is 18.3 Å². The van der Waals surface area contributed by atoms with Crippen LogP contribution in [0.4, 0.5) is 10.5 Å². The predicted octanol–water partition coefficient (Wildman–Crippen LogP) is 4.24. The van der Waals surface area contributed by atoms with Gasteiger partial charge in [0.15, 0.2) is 5.69 Å². The van der Waals surface area contributed by atoms with E-state index in [1.54, 1.807) is 36.4 Å². The zero-order valence-corrected chi connectivity index (χ0v) is 18.9. The number of nitrogens with one attached hydrogen (secondary N) is 1. The summed E-state index contributed by atoms with van der Waals surface area (Å²) in [5, 5.41) is 22.5. The van der Waals surface area contributed by atoms with Gasteiger partial charge in [0.1, 0.15) is 5.75 Å². The molecule has 1 aromatic heterocycles. The fourth-order valence-corrected chi connectivity index (χ4v) is 3.58. The Bertz CT molecular complexity index is 1220. The minimum atomic E-state index is -1.08. The molecule has 3 N–H and O–H groups in total. The van der Waals surface area contributed by atoms with Gasteiger partial charge >= 0.3 is 12.0 Å². The number of carboxylic acid groups (broad SMARTS) is 1. The SMILES string of the molecule is Cc1ccc([C@H](CC(=O)O)N(C)C(=O)Nc2c(O)ccn(Cc3ccccc3Cl)c2=O)cc1. The summed E-state index contributed by atoms with van der Waals surface area (Å²) in [5.41, 5.74) is 1.39. The van der Waals surface area contributed by atoms with E-state index in [1.165, 1.54) is 28.8 Å². The maximum Gasteiger partial charge on any atom is 0.322 e. The predicted molar refractivity (Wildman–Crippen MR) is 126 cm³/mol. The van der Waals surface area contributed by atoms with Gasteiger partial charge in [0.25, 0.3) is 5.56 Å². The number of aromatic nitrogens is 1. The normalized spacial score (nSPS) is 11.6. The van der Waals surface area contributed by atoms with Crippen LogP contribution in [0, 0.1) is 6.92 Å². The van der Waals surface area contributed by atoms with Gasteiger partial charge < -0.3 is 19.7 Å². The van der Waals surface area contributed by atoms with Gasteiger partial charge in [-0.2, -0.15) is 0 Å². The lowest BCUT2D eigenvalue weighted by atomic mass is 10.0. The first-order valence-electron chi connectivity index (χ1n) is 10.2. The molecule has 172 valence electrons. The van der Waals surface area contributed by atoms with E-state index in [-0.39, 0.29) is 18.7 Å². The highest BCUT2D eigenvalue weighted by molar-refractivity contribution is 6.31. The highest BCUT2D eigenvalue weighted by Crippen LogP contribution is 2.26. The van der Waals surface area contributed by atoms with Crippen molar-refractivity contribution in [3.05, 3.63) is 92.9 Å². The third-order valence-corrected chi connectivity index (χ3v) is 5.66. The molecule has 2 amide bonds. The van der Waals surface area contributed by atoms with Gasteiger partial charge in [-0.1, -0.05) is 59.6 Å². The summed E-state index contributed by atoms with van der Waals surface area (Å²) in [6, 6.07) is 14.0. The fraction of sp³-hybridized carbons (Fsp3) is 0.208. The Labute approximate surface area is 195 Å². The van der Waals surface area contributed by atoms with E-state index in [1.807, 2.05) is 19.1 Å². The van der Waals surface area contributed by atoms with Gasteiger partial charge in [0.2, 0.25) is 0 Å². The van der Waals surface area contributed by atoms with Crippen molar-refractivity contribution in [2.45, 2.75) is 25.9 Å². The van der Waals surface area contributed by atoms with Gasteiger partial charge in [-0.25, -0.2) is 4.79 Å². The van der Waals surface area contributed by atoms with Crippen LogP contribution in [0.5, 0.6) is 5.75 Å². The molecular formula is C24H24ClN3O5. The molecule has 2 aromatic carbocycles. The van der Waals surface area contributed by atoms with Crippen LogP contribution in [0.3, 0.4) is 0 Å². The molecule has 0 aliphatic carbocycles. The first-order valence-corrected chi connectivity index (χ1v) is 10.5. The molecule has 0 saturated heterocycles. The van der Waals surface area contributed by atoms with E-state index >= 15 is 0 Å². The molecule has 1 heterocycles. The van der Waals surface area contributed by atoms with Crippen LogP contribution in [0.15, 0.2) is 65.6 Å². The number of amides is 2. The van der Waals surface area contributed by atoms with Crippen molar-refractivity contribution in [2.75, 3.05) is 12.4 Å². The van der Waals surface area contributed by atoms with Gasteiger partial charge in [-0.05, 0) is 30.2 Å². The molecule has 9 heteroatoms. The molecule has 1 atom stereocenters. The van der Waals surface area contributed by atoms with Crippen LogP contribution in [0.2, 0.25) is 5.02 Å². The van der Waals surface area contributed by atoms with Crippen LogP contribution in [0.1, 0.15) is 29.2 Å². The highest BCUT2D eigenvalue weighted by atomic mass is 35.5. The van der Waals surface area contributed by atoms with Crippen molar-refractivity contribution in [3.8, 4) is 5.75 Å². The molecule has 0 spiro atoms. The Morgan fingerprint density at radius 2 is 1.79 bits per heavy atom. The molecule has 0 radical (unpaired) electrons. The quantitative estimate of drug-likeness (QED) is 0.479. The summed E-state index contributed by atoms with van der Waals surface area (Å²) >= 11 is 6.18. The lowest BCUT2D eigenvalue weighted by molar-refractivity contribution is -0.138. The second kappa shape index (κ2) is 10.2. The van der Waals surface area contributed by atoms with Crippen molar-refractivity contribution in [1.29, 1.82) is 0 Å². The third kappa shape index (κ3) is 5.72. The standard InChI is InChI=1S/C24H24ClN3O5/c1-15-7-9-16(10-8-15)19(13-21(30)31)27(2)24(33)26-22-20(29)11-12-28(23(22)32)14-17-5-3-4-6-18(17)25/h3-12,19,29H,13-14H2,1-2H3,(H,26,33)(H,30,31)/t19-/m0/s1. The summed E-state index contributed by atoms with van der Waals surface area (Å²) in [6.07, 6.45) is 1.07. The minimum absolute atomic E-state index is 0.141. The highest BCUT2D eigenvalue weighted by Gasteiger charge is 2.26. The Morgan fingerprint density at radius 1 is 1.12 bits per heavy atom. The number of aromatic hydroxyl groups is 1. The van der Waals surface area contributed by atoms with Crippen molar-refractivity contribution < 1.29 is 19.8 Å². The molecule has 33 heavy (non-hydrogen) atoms. The number of carbonyl (C=O) groups excluding carboxylic acids is 1. The van der Waals surface area contributed by atoms with E-state index in [0.717, 1.165) is 5.56 Å². The number of carbonyl (C=O) groups is 2. The number of carboxylic acids is 1. The molecule has 0 fully saturated rings. The summed E-state index contributed by atoms with van der Waals surface area (Å²) in [4.78, 5) is 38.5. The van der Waals surface area contributed by atoms with Crippen LogP contribution in [0.25, 0.3) is 0 Å². The van der Waals surface area contributed by atoms with Crippen molar-refractivity contribution in [2.24, 2.45) is 0 Å². The fourth-order valence-electron chi connectivity index (χ4n) is 3.39. The number of benzene rings is 2. The molecule has 8 nitrogen and oxygen atoms in total. The average molecular weight is 470 g/mol. The largest absolute Gasteiger partial charge is 0.505 e. The van der Waals surface area contributed by atoms with Crippen LogP contribution in [-0.2, 0) is 11.3 Å². The van der Waals surface area contributed by atoms with E-state index in [2.05, 4.69) is 5.32 Å². The first-order chi connectivity index (χ1) is 15.7. The Morgan fingerprint density at radius 3 is 2.42 bits per heavy atom. The first kappa shape index (κ1) is 23.9. The topological polar surface area (TPSA) is 112 Å². The Balaban J connectivity index is 1.87. The summed E-state index contributed by atoms with van der Waals surface area (Å²) in [6.45, 7) is 2.04. The smallest absolute Gasteiger partial charge is 0.322 e. The van der Waals surface area contributed by atoms with Crippen molar-refractivity contribution >= 4 is 29.3 Å². The molecule has 0 unspecified atom stereocenters. The number of urea groups is 1. The molecular weight excluding hydrogens is 446 g/mol. The molecule has 0 saturated carbocycles. The minimum Gasteiger partial charge on any atom is -0.505 e. The summed E-state index contributed by atoms with van der Waals surface area (Å²) in [7, 11) is 1.44. The maximum absolute atomic E-state index is 13.0. The molecule has 0 bridgehead atoms. The number of aryl methyl sites for hydroxylation is 1. The molecule has 3 aromatic rings. The number of nitrogens with zero attached hydrogens (tertiary/aromatic N) is 2. The number of aliphatic carboxylic acids is 1. The number of halogens is 1. The summed E-state index contributed by atoms with van der Waals surface area (Å²) < 4.78 is 1.31. The van der Waals surface area contributed by atoms with Crippen molar-refractivity contribution in [1.82, 2.24) is 9.47 Å². The number of hydrogen-bond donors (Lipinski definition) is 3. The summed E-state index contributed by atoms with van der Waals surface area (Å²) in [5.74, 6) is -1.48. The third-order valence-electron chi connectivity index (χ3n) is 5.29. The average Bonchev–Trinajstić information content (AvgIpc) is 2.78. The molecule has 0 aliphatic heterocycles. The van der Waals surface area contributed by atoms with E-state index in [0.29, 0.717) is 16.1 Å². The van der Waals surface area contributed by atoms with Gasteiger partial charge in [-0.15, -0.1) is 0 Å². The zero-order chi connectivity index (χ0) is 24.1. The maximum atomic E-state index is 13.0. The lowest BCUT2D eigenvalue weighted by Crippen LogP contribution is -2.37. The second-order valence-corrected chi connectivity index (χ2v) is 8.07. The van der Waals surface area contributed by atoms with E-state index in [9.17, 15) is 24.6 Å². The van der Waals surface area contributed by atoms with Gasteiger partial charge in [0.05, 0.1) is 19.0 Å². The lowest BCUT2D eigenvalue weighted by Gasteiger charge is -2.28. The van der Waals surface area contributed by atoms with Gasteiger partial charge in [-0.3, -0.25) is 14.9 Å². The van der Waals surface area contributed by atoms with Crippen LogP contribution < -0.4 is 10.9 Å². The number of pyridine rings is 1. The monoisotopic (exact) mass is 469 g/mol. The molecule has 0 aliphatic rings. The Kier molecular flexibility index (Phi) is 7.40. The number of rotatable bonds is 7. The number of anilines is 1. The van der Waals surface area contributed by atoms with E-state index < -0.39 is 29.4 Å².